The van der Waals surface area contributed by atoms with E-state index < -0.39 is 12.1 Å². The van der Waals surface area contributed by atoms with Gasteiger partial charge in [-0.25, -0.2) is 9.78 Å². The van der Waals surface area contributed by atoms with Crippen LogP contribution in [0.3, 0.4) is 0 Å². The van der Waals surface area contributed by atoms with Crippen LogP contribution in [0.15, 0.2) is 47.6 Å². The number of methoxy groups -OCH3 is 1. The molecule has 55 heavy (non-hydrogen) atoms. The van der Waals surface area contributed by atoms with Crippen LogP contribution in [0.2, 0.25) is 0 Å². The molecule has 6 atom stereocenters. The third-order valence-corrected chi connectivity index (χ3v) is 12.5. The molecule has 294 valence electrons. The summed E-state index contributed by atoms with van der Waals surface area (Å²) >= 11 is 0. The number of nitrogens with zero attached hydrogens (tertiary/aromatic N) is 4. The molecule has 2 saturated heterocycles. The molecule has 0 bridgehead atoms. The van der Waals surface area contributed by atoms with E-state index in [9.17, 15) is 14.4 Å². The molecule has 3 aromatic rings. The lowest BCUT2D eigenvalue weighted by Crippen LogP contribution is -2.55. The number of carbonyl (C=O) groups excluding carboxylic acids is 3. The molecule has 0 spiro atoms. The van der Waals surface area contributed by atoms with Crippen LogP contribution in [0.5, 0.6) is 11.5 Å². The van der Waals surface area contributed by atoms with Gasteiger partial charge >= 0.3 is 6.09 Å². The van der Waals surface area contributed by atoms with Gasteiger partial charge in [0.1, 0.15) is 29.2 Å². The smallest absolute Gasteiger partial charge is 0.407 e. The molecular weight excluding hydrogens is 695 g/mol. The number of imidazole rings is 1. The van der Waals surface area contributed by atoms with Gasteiger partial charge in [0, 0.05) is 41.6 Å². The highest BCUT2D eigenvalue weighted by atomic mass is 16.5. The maximum atomic E-state index is 13.8. The molecule has 3 N–H and O–H groups in total. The summed E-state index contributed by atoms with van der Waals surface area (Å²) in [5, 5.41) is 6.44. The maximum Gasteiger partial charge on any atom is 0.407 e. The van der Waals surface area contributed by atoms with E-state index in [0.29, 0.717) is 25.4 Å². The second kappa shape index (κ2) is 15.7. The topological polar surface area (TPSA) is 141 Å². The highest BCUT2D eigenvalue weighted by Crippen LogP contribution is 2.49. The molecule has 0 aliphatic carbocycles. The van der Waals surface area contributed by atoms with E-state index in [-0.39, 0.29) is 41.3 Å². The Balaban J connectivity index is 1.04. The van der Waals surface area contributed by atoms with Crippen molar-refractivity contribution in [3.8, 4) is 22.8 Å². The van der Waals surface area contributed by atoms with Crippen molar-refractivity contribution in [3.05, 3.63) is 65.1 Å². The zero-order valence-corrected chi connectivity index (χ0v) is 33.4. The average molecular weight is 752 g/mol. The normalized spacial score (nSPS) is 22.8. The van der Waals surface area contributed by atoms with E-state index in [4.69, 9.17) is 19.5 Å². The minimum atomic E-state index is -0.659. The third kappa shape index (κ3) is 7.44. The van der Waals surface area contributed by atoms with E-state index in [1.54, 1.807) is 0 Å². The summed E-state index contributed by atoms with van der Waals surface area (Å²) in [6.45, 7) is 14.7. The number of aromatic nitrogens is 2. The first kappa shape index (κ1) is 38.4. The van der Waals surface area contributed by atoms with Gasteiger partial charge in [-0.1, -0.05) is 72.6 Å². The highest BCUT2D eigenvalue weighted by Gasteiger charge is 2.41. The number of benzene rings is 2. The molecule has 4 aliphatic heterocycles. The molecule has 3 amide bonds. The fraction of sp³-hybridized carbons (Fsp3) is 0.558. The molecule has 2 fully saturated rings. The number of aliphatic imine (C=N–C) groups is 1. The number of amidine groups is 1. The van der Waals surface area contributed by atoms with Gasteiger partial charge in [0.2, 0.25) is 11.8 Å². The van der Waals surface area contributed by atoms with E-state index >= 15 is 0 Å². The molecule has 2 aromatic carbocycles. The number of hydrogen-bond acceptors (Lipinski definition) is 8. The van der Waals surface area contributed by atoms with Gasteiger partial charge in [0.15, 0.2) is 0 Å². The van der Waals surface area contributed by atoms with Gasteiger partial charge in [-0.15, -0.1) is 0 Å². The molecule has 7 rings (SSSR count). The third-order valence-electron chi connectivity index (χ3n) is 12.5. The van der Waals surface area contributed by atoms with Gasteiger partial charge in [-0.2, -0.15) is 0 Å². The maximum absolute atomic E-state index is 13.8. The zero-order valence-electron chi connectivity index (χ0n) is 33.4. The quantitative estimate of drug-likeness (QED) is 0.185. The molecule has 1 aromatic heterocycles. The number of rotatable bonds is 11. The first-order chi connectivity index (χ1) is 26.4. The van der Waals surface area contributed by atoms with Gasteiger partial charge in [-0.3, -0.25) is 14.6 Å². The first-order valence-electron chi connectivity index (χ1n) is 20.2. The van der Waals surface area contributed by atoms with Crippen molar-refractivity contribution in [2.75, 3.05) is 26.7 Å². The van der Waals surface area contributed by atoms with E-state index in [1.165, 1.54) is 7.11 Å². The van der Waals surface area contributed by atoms with Crippen LogP contribution in [-0.2, 0) is 19.7 Å². The summed E-state index contributed by atoms with van der Waals surface area (Å²) in [5.74, 6) is 3.76. The van der Waals surface area contributed by atoms with E-state index in [1.807, 2.05) is 29.8 Å². The van der Waals surface area contributed by atoms with Crippen LogP contribution < -0.4 is 15.4 Å². The minimum absolute atomic E-state index is 0.0214. The van der Waals surface area contributed by atoms with Crippen molar-refractivity contribution in [2.24, 2.45) is 16.8 Å². The number of H-pyrrole nitrogens is 1. The van der Waals surface area contributed by atoms with Gasteiger partial charge in [0.25, 0.3) is 0 Å². The molecule has 12 nitrogen and oxygen atoms in total. The van der Waals surface area contributed by atoms with Crippen LogP contribution >= 0.6 is 0 Å². The van der Waals surface area contributed by atoms with Crippen molar-refractivity contribution < 1.29 is 23.9 Å². The highest BCUT2D eigenvalue weighted by molar-refractivity contribution is 5.95. The summed E-state index contributed by atoms with van der Waals surface area (Å²) in [6, 6.07) is 11.9. The standard InChI is InChI=1S/C43H57N7O5/c1-8-25(3)20-37(51)49-18-10-12-33(49)39-44-24-32(47-39)28-14-16-29-36(22-28)55-35-17-15-27(21-30(35)43(29,5)6)31-23-45-40(46-31)34-13-11-19-50(34)41(52)38(26(4)9-2)48-42(53)54-7/h14-17,21-22,24-26,31,33-34,38H,8-13,18-20,23H2,1-7H3,(H,44,47)(H,45,46)(H,48,53)/t25-,26-,31?,33-,34-,38-/m0/s1. The van der Waals surface area contributed by atoms with Crippen molar-refractivity contribution in [2.45, 2.75) is 116 Å². The fourth-order valence-electron chi connectivity index (χ4n) is 8.67. The molecule has 0 radical (unpaired) electrons. The summed E-state index contributed by atoms with van der Waals surface area (Å²) in [4.78, 5) is 56.2. The van der Waals surface area contributed by atoms with Crippen molar-refractivity contribution in [1.82, 2.24) is 30.4 Å². The van der Waals surface area contributed by atoms with Gasteiger partial charge < -0.3 is 34.9 Å². The lowest BCUT2D eigenvalue weighted by molar-refractivity contribution is -0.134. The Labute approximate surface area is 324 Å². The SMILES string of the molecule is CC[C@H](C)CC(=O)N1CCC[C@H]1c1ncc(-c2ccc3c(c2)Oc2ccc(C4CN=C([C@@H]5CCCN5C(=O)[C@@H](NC(=O)OC)[C@@H](C)CC)N4)cc2C3(C)C)[nH]1. The minimum Gasteiger partial charge on any atom is -0.457 e. The number of ether oxygens (including phenoxy) is 2. The lowest BCUT2D eigenvalue weighted by atomic mass is 9.74. The summed E-state index contributed by atoms with van der Waals surface area (Å²) in [6.07, 6.45) is 7.18. The average Bonchev–Trinajstić information content (AvgIpc) is 4.02. The second-order valence-corrected chi connectivity index (χ2v) is 16.5. The Kier molecular flexibility index (Phi) is 11.0. The van der Waals surface area contributed by atoms with Crippen molar-refractivity contribution >= 4 is 23.7 Å². The largest absolute Gasteiger partial charge is 0.457 e. The van der Waals surface area contributed by atoms with Gasteiger partial charge in [0.05, 0.1) is 43.7 Å². The summed E-state index contributed by atoms with van der Waals surface area (Å²) in [7, 11) is 1.31. The number of hydrogen-bond donors (Lipinski definition) is 3. The van der Waals surface area contributed by atoms with Crippen LogP contribution in [0.1, 0.15) is 121 Å². The summed E-state index contributed by atoms with van der Waals surface area (Å²) < 4.78 is 11.4. The molecule has 4 aliphatic rings. The predicted molar refractivity (Wildman–Crippen MR) is 212 cm³/mol. The molecule has 12 heteroatoms. The van der Waals surface area contributed by atoms with Gasteiger partial charge in [-0.05, 0) is 61.3 Å². The van der Waals surface area contributed by atoms with Crippen molar-refractivity contribution in [3.63, 3.8) is 0 Å². The van der Waals surface area contributed by atoms with Crippen molar-refractivity contribution in [1.29, 1.82) is 0 Å². The molecular formula is C43H57N7O5. The van der Waals surface area contributed by atoms with Crippen LogP contribution in [0.25, 0.3) is 11.3 Å². The van der Waals surface area contributed by atoms with E-state index in [2.05, 4.69) is 79.7 Å². The molecule has 0 saturated carbocycles. The Morgan fingerprint density at radius 1 is 0.982 bits per heavy atom. The Hall–Kier alpha value is -4.87. The van der Waals surface area contributed by atoms with E-state index in [0.717, 1.165) is 96.2 Å². The fourth-order valence-corrected chi connectivity index (χ4v) is 8.67. The number of fused-ring (bicyclic) bond motifs is 2. The number of carbonyl (C=O) groups is 3. The number of likely N-dealkylation sites (tertiary alicyclic amines) is 2. The Morgan fingerprint density at radius 3 is 2.49 bits per heavy atom. The number of nitrogens with one attached hydrogen (secondary N) is 3. The number of amides is 3. The Morgan fingerprint density at radius 2 is 1.75 bits per heavy atom. The zero-order chi connectivity index (χ0) is 39.0. The number of alkyl carbamates (subject to hydrolysis) is 1. The molecule has 5 heterocycles. The second-order valence-electron chi connectivity index (χ2n) is 16.5. The molecule has 1 unspecified atom stereocenters. The van der Waals surface area contributed by atoms with Crippen LogP contribution in [0.4, 0.5) is 4.79 Å². The van der Waals surface area contributed by atoms with Crippen LogP contribution in [0, 0.1) is 11.8 Å². The Bertz CT molecular complexity index is 1950. The number of aromatic amines is 1. The first-order valence-corrected chi connectivity index (χ1v) is 20.2. The predicted octanol–water partition coefficient (Wildman–Crippen LogP) is 7.41. The van der Waals surface area contributed by atoms with Crippen LogP contribution in [-0.4, -0.2) is 82.3 Å². The summed E-state index contributed by atoms with van der Waals surface area (Å²) in [5.41, 5.74) is 4.89. The lowest BCUT2D eigenvalue weighted by Gasteiger charge is -2.35. The monoisotopic (exact) mass is 751 g/mol.